The third kappa shape index (κ3) is 2.09. The van der Waals surface area contributed by atoms with Gasteiger partial charge >= 0.3 is 0 Å². The molecule has 1 heterocycles. The maximum Gasteiger partial charge on any atom is 0.293 e. The van der Waals surface area contributed by atoms with Crippen molar-refractivity contribution in [2.75, 3.05) is 19.7 Å². The third-order valence-corrected chi connectivity index (χ3v) is 2.13. The predicted octanol–water partition coefficient (Wildman–Crippen LogP) is -0.314. The van der Waals surface area contributed by atoms with Crippen LogP contribution in [0.25, 0.3) is 0 Å². The van der Waals surface area contributed by atoms with Crippen LogP contribution in [0.3, 0.4) is 0 Å². The van der Waals surface area contributed by atoms with Crippen molar-refractivity contribution < 1.29 is 22.9 Å². The highest BCUT2D eigenvalue weighted by Crippen LogP contribution is 2.30. The van der Waals surface area contributed by atoms with E-state index in [1.54, 1.807) is 0 Å². The van der Waals surface area contributed by atoms with Crippen molar-refractivity contribution in [3.8, 4) is 0 Å². The molecule has 1 fully saturated rings. The number of amides is 1. The molecule has 1 saturated heterocycles. The summed E-state index contributed by atoms with van der Waals surface area (Å²) >= 11 is 3.29. The van der Waals surface area contributed by atoms with Crippen LogP contribution in [0, 0.1) is 0 Å². The zero-order chi connectivity index (χ0) is 10.1. The van der Waals surface area contributed by atoms with E-state index in [1.165, 1.54) is 0 Å². The van der Waals surface area contributed by atoms with Gasteiger partial charge < -0.3 is 14.2 Å². The minimum atomic E-state index is -3.09. The highest BCUT2D eigenvalue weighted by atomic mass is 32.1. The molecule has 0 radical (unpaired) electrons. The van der Waals surface area contributed by atoms with E-state index in [1.807, 2.05) is 0 Å². The Morgan fingerprint density at radius 1 is 1.77 bits per heavy atom. The van der Waals surface area contributed by atoms with E-state index in [9.17, 15) is 13.6 Å². The summed E-state index contributed by atoms with van der Waals surface area (Å²) in [5, 5.41) is 8.43. The van der Waals surface area contributed by atoms with Crippen LogP contribution in [0.15, 0.2) is 0 Å². The zero-order valence-corrected chi connectivity index (χ0v) is 7.51. The van der Waals surface area contributed by atoms with Gasteiger partial charge in [0.1, 0.15) is 6.61 Å². The molecule has 0 aromatic rings. The fraction of sp³-hybridized carbons (Fsp3) is 0.833. The smallest absolute Gasteiger partial charge is 0.293 e. The lowest BCUT2D eigenvalue weighted by Crippen LogP contribution is -2.33. The van der Waals surface area contributed by atoms with Gasteiger partial charge in [0, 0.05) is 0 Å². The first-order chi connectivity index (χ1) is 6.01. The Bertz CT molecular complexity index is 214. The van der Waals surface area contributed by atoms with E-state index in [-0.39, 0.29) is 6.54 Å². The summed E-state index contributed by atoms with van der Waals surface area (Å²) in [5.41, 5.74) is 0. The Morgan fingerprint density at radius 2 is 2.38 bits per heavy atom. The van der Waals surface area contributed by atoms with E-state index in [0.717, 1.165) is 4.90 Å². The van der Waals surface area contributed by atoms with Crippen LogP contribution in [0.1, 0.15) is 0 Å². The normalized spacial score (nSPS) is 26.5. The molecule has 4 nitrogen and oxygen atoms in total. The number of halogens is 2. The van der Waals surface area contributed by atoms with Crippen LogP contribution < -0.4 is 0 Å². The topological polar surface area (TPSA) is 49.8 Å². The molecular weight excluding hydrogens is 204 g/mol. The number of hydrogen-bond donors (Lipinski definition) is 2. The van der Waals surface area contributed by atoms with E-state index >= 15 is 0 Å². The maximum absolute atomic E-state index is 12.9. The average Bonchev–Trinajstić information content (AvgIpc) is 2.39. The summed E-state index contributed by atoms with van der Waals surface area (Å²) < 4.78 is 30.0. The van der Waals surface area contributed by atoms with Crippen LogP contribution in [0.5, 0.6) is 0 Å². The monoisotopic (exact) mass is 213 g/mol. The summed E-state index contributed by atoms with van der Waals surface area (Å²) in [6.45, 7) is -1.73. The van der Waals surface area contributed by atoms with Crippen molar-refractivity contribution in [3.05, 3.63) is 0 Å². The summed E-state index contributed by atoms with van der Waals surface area (Å²) in [4.78, 5) is 11.7. The molecular formula is C6H9F2NO3S. The highest BCUT2D eigenvalue weighted by molar-refractivity contribution is 7.75. The predicted molar refractivity (Wildman–Crippen MR) is 42.5 cm³/mol. The van der Waals surface area contributed by atoms with Gasteiger partial charge in [0.25, 0.3) is 5.92 Å². The first kappa shape index (κ1) is 10.7. The fourth-order valence-corrected chi connectivity index (χ4v) is 1.38. The van der Waals surface area contributed by atoms with Gasteiger partial charge in [-0.25, -0.2) is 8.78 Å². The number of carbonyl (C=O) groups excluding carboxylic acids is 1. The number of alkyl halides is 2. The Balaban J connectivity index is 2.64. The number of nitrogens with zero attached hydrogens (tertiary/aromatic N) is 1. The number of carbonyl (C=O) groups is 1. The molecule has 1 aliphatic heterocycles. The van der Waals surface area contributed by atoms with Gasteiger partial charge in [-0.15, -0.1) is 0 Å². The van der Waals surface area contributed by atoms with Crippen molar-refractivity contribution in [2.24, 2.45) is 0 Å². The molecule has 1 amide bonds. The standard InChI is InChI=1S/C6H9F2NO3S/c7-6(8)3-9(5(11)2-10)1-4(6)12-13/h4,10,13H,1-3H2. The second-order valence-corrected chi connectivity index (χ2v) is 3.00. The van der Waals surface area contributed by atoms with E-state index < -0.39 is 31.1 Å². The van der Waals surface area contributed by atoms with Gasteiger partial charge in [-0.05, 0) is 12.9 Å². The van der Waals surface area contributed by atoms with Gasteiger partial charge in [-0.1, -0.05) is 0 Å². The van der Waals surface area contributed by atoms with Crippen LogP contribution in [0.2, 0.25) is 0 Å². The summed E-state index contributed by atoms with van der Waals surface area (Å²) in [7, 11) is 0. The molecule has 1 unspecified atom stereocenters. The van der Waals surface area contributed by atoms with Gasteiger partial charge in [-0.3, -0.25) is 4.79 Å². The molecule has 1 aliphatic rings. The first-order valence-corrected chi connectivity index (χ1v) is 3.94. The first-order valence-electron chi connectivity index (χ1n) is 3.58. The molecule has 0 bridgehead atoms. The molecule has 76 valence electrons. The van der Waals surface area contributed by atoms with Gasteiger partial charge in [0.2, 0.25) is 5.91 Å². The average molecular weight is 213 g/mol. The Hall–Kier alpha value is -0.400. The van der Waals surface area contributed by atoms with Crippen molar-refractivity contribution in [1.82, 2.24) is 4.90 Å². The molecule has 1 rings (SSSR count). The second kappa shape index (κ2) is 3.77. The van der Waals surface area contributed by atoms with Crippen LogP contribution in [0.4, 0.5) is 8.78 Å². The Morgan fingerprint density at radius 3 is 2.77 bits per heavy atom. The Labute approximate surface area is 79.1 Å². The Kier molecular flexibility index (Phi) is 3.09. The molecule has 7 heteroatoms. The lowest BCUT2D eigenvalue weighted by molar-refractivity contribution is -0.134. The molecule has 0 aliphatic carbocycles. The number of aliphatic hydroxyl groups excluding tert-OH is 1. The molecule has 0 aromatic heterocycles. The van der Waals surface area contributed by atoms with Gasteiger partial charge in [0.15, 0.2) is 6.10 Å². The molecule has 0 aromatic carbocycles. The van der Waals surface area contributed by atoms with Crippen molar-refractivity contribution >= 4 is 18.8 Å². The lowest BCUT2D eigenvalue weighted by atomic mass is 10.2. The summed E-state index contributed by atoms with van der Waals surface area (Å²) in [6.07, 6.45) is -1.40. The van der Waals surface area contributed by atoms with E-state index in [2.05, 4.69) is 17.1 Å². The van der Waals surface area contributed by atoms with Crippen molar-refractivity contribution in [2.45, 2.75) is 12.0 Å². The van der Waals surface area contributed by atoms with Crippen LogP contribution in [-0.4, -0.2) is 47.6 Å². The minimum absolute atomic E-state index is 0.240. The quantitative estimate of drug-likeness (QED) is 0.488. The number of hydrogen-bond acceptors (Lipinski definition) is 4. The van der Waals surface area contributed by atoms with Crippen molar-refractivity contribution in [1.29, 1.82) is 0 Å². The number of likely N-dealkylation sites (tertiary alicyclic amines) is 1. The maximum atomic E-state index is 12.9. The fourth-order valence-electron chi connectivity index (χ4n) is 1.15. The number of thiol groups is 1. The largest absolute Gasteiger partial charge is 0.387 e. The highest BCUT2D eigenvalue weighted by Gasteiger charge is 2.50. The van der Waals surface area contributed by atoms with Gasteiger partial charge in [0.05, 0.1) is 13.1 Å². The molecule has 13 heavy (non-hydrogen) atoms. The van der Waals surface area contributed by atoms with E-state index in [4.69, 9.17) is 5.11 Å². The second-order valence-electron chi connectivity index (χ2n) is 2.79. The molecule has 1 atom stereocenters. The molecule has 1 N–H and O–H groups in total. The zero-order valence-electron chi connectivity index (χ0n) is 6.61. The number of aliphatic hydroxyl groups is 1. The van der Waals surface area contributed by atoms with Gasteiger partial charge in [-0.2, -0.15) is 0 Å². The molecule has 0 saturated carbocycles. The minimum Gasteiger partial charge on any atom is -0.387 e. The SMILES string of the molecule is O=C(CO)N1CC(OS)C(F)(F)C1. The lowest BCUT2D eigenvalue weighted by Gasteiger charge is -2.13. The summed E-state index contributed by atoms with van der Waals surface area (Å²) in [5.74, 6) is -3.82. The summed E-state index contributed by atoms with van der Waals surface area (Å²) in [6, 6.07) is 0. The van der Waals surface area contributed by atoms with E-state index in [0.29, 0.717) is 0 Å². The molecule has 0 spiro atoms. The third-order valence-electron chi connectivity index (χ3n) is 1.87. The number of rotatable bonds is 2. The van der Waals surface area contributed by atoms with Crippen LogP contribution >= 0.6 is 12.9 Å². The van der Waals surface area contributed by atoms with Crippen LogP contribution in [-0.2, 0) is 8.98 Å². The van der Waals surface area contributed by atoms with Crippen molar-refractivity contribution in [3.63, 3.8) is 0 Å².